The maximum absolute atomic E-state index is 12.1. The summed E-state index contributed by atoms with van der Waals surface area (Å²) in [6, 6.07) is 0.674. The Hall–Kier alpha value is -0.810. The van der Waals surface area contributed by atoms with Crippen molar-refractivity contribution in [1.82, 2.24) is 15.5 Å². The average Bonchev–Trinajstić information content (AvgIpc) is 2.33. The molecule has 1 rings (SSSR count). The van der Waals surface area contributed by atoms with Crippen molar-refractivity contribution in [2.45, 2.75) is 65.1 Å². The minimum absolute atomic E-state index is 0.149. The Morgan fingerprint density at radius 3 is 2.65 bits per heavy atom. The quantitative estimate of drug-likeness (QED) is 0.811. The van der Waals surface area contributed by atoms with E-state index < -0.39 is 5.60 Å². The van der Waals surface area contributed by atoms with E-state index in [1.807, 2.05) is 34.6 Å². The summed E-state index contributed by atoms with van der Waals surface area (Å²) < 4.78 is 5.45. The van der Waals surface area contributed by atoms with Crippen LogP contribution in [0, 0.1) is 0 Å². The highest BCUT2D eigenvalue weighted by Gasteiger charge is 2.24. The highest BCUT2D eigenvalue weighted by molar-refractivity contribution is 5.68. The molecule has 1 atom stereocenters. The van der Waals surface area contributed by atoms with Crippen LogP contribution in [0.3, 0.4) is 0 Å². The second kappa shape index (κ2) is 7.84. The smallest absolute Gasteiger partial charge is 0.410 e. The Balaban J connectivity index is 2.36. The lowest BCUT2D eigenvalue weighted by Gasteiger charge is -2.31. The van der Waals surface area contributed by atoms with Crippen LogP contribution in [0.15, 0.2) is 0 Å². The average molecular weight is 285 g/mol. The third-order valence-electron chi connectivity index (χ3n) is 3.33. The molecule has 1 saturated heterocycles. The lowest BCUT2D eigenvalue weighted by molar-refractivity contribution is 0.0192. The summed E-state index contributed by atoms with van der Waals surface area (Å²) in [4.78, 5) is 13.9. The molecular weight excluding hydrogens is 254 g/mol. The van der Waals surface area contributed by atoms with Crippen molar-refractivity contribution in [3.8, 4) is 0 Å². The fraction of sp³-hybridized carbons (Fsp3) is 0.933. The molecule has 1 aliphatic rings. The summed E-state index contributed by atoms with van der Waals surface area (Å²) in [7, 11) is 0. The third kappa shape index (κ3) is 6.57. The minimum atomic E-state index is -0.440. The van der Waals surface area contributed by atoms with Gasteiger partial charge in [0.15, 0.2) is 0 Å². The van der Waals surface area contributed by atoms with Gasteiger partial charge in [-0.2, -0.15) is 0 Å². The highest BCUT2D eigenvalue weighted by Crippen LogP contribution is 2.11. The zero-order valence-corrected chi connectivity index (χ0v) is 13.7. The van der Waals surface area contributed by atoms with Gasteiger partial charge in [-0.15, -0.1) is 0 Å². The molecule has 0 aliphatic carbocycles. The van der Waals surface area contributed by atoms with Crippen LogP contribution >= 0.6 is 0 Å². The van der Waals surface area contributed by atoms with E-state index in [0.717, 1.165) is 19.6 Å². The van der Waals surface area contributed by atoms with E-state index in [1.54, 1.807) is 4.90 Å². The largest absolute Gasteiger partial charge is 0.444 e. The number of carbonyl (C=O) groups excluding carboxylic acids is 1. The maximum Gasteiger partial charge on any atom is 0.410 e. The van der Waals surface area contributed by atoms with Gasteiger partial charge in [0.05, 0.1) is 0 Å². The van der Waals surface area contributed by atoms with Crippen molar-refractivity contribution in [2.75, 3.05) is 26.2 Å². The normalized spacial score (nSPS) is 20.0. The van der Waals surface area contributed by atoms with Crippen LogP contribution < -0.4 is 10.6 Å². The number of nitrogens with one attached hydrogen (secondary N) is 2. The Morgan fingerprint density at radius 2 is 2.15 bits per heavy atom. The number of amides is 1. The highest BCUT2D eigenvalue weighted by atomic mass is 16.6. The van der Waals surface area contributed by atoms with E-state index in [-0.39, 0.29) is 12.1 Å². The lowest BCUT2D eigenvalue weighted by Crippen LogP contribution is -2.48. The molecule has 1 heterocycles. The first-order valence-electron chi connectivity index (χ1n) is 7.73. The molecule has 1 fully saturated rings. The Morgan fingerprint density at radius 1 is 1.45 bits per heavy atom. The first-order valence-corrected chi connectivity index (χ1v) is 7.73. The number of rotatable bonds is 5. The SMILES string of the molecule is CC(C)N(CCNC1CCCNC1)C(=O)OC(C)(C)C. The molecule has 0 saturated carbocycles. The zero-order valence-electron chi connectivity index (χ0n) is 13.7. The summed E-state index contributed by atoms with van der Waals surface area (Å²) in [5.74, 6) is 0. The molecule has 0 spiro atoms. The number of ether oxygens (including phenoxy) is 1. The molecule has 20 heavy (non-hydrogen) atoms. The van der Waals surface area contributed by atoms with Crippen LogP contribution in [0.1, 0.15) is 47.5 Å². The fourth-order valence-corrected chi connectivity index (χ4v) is 2.30. The van der Waals surface area contributed by atoms with E-state index in [4.69, 9.17) is 4.74 Å². The molecule has 5 nitrogen and oxygen atoms in total. The Bertz CT molecular complexity index is 294. The van der Waals surface area contributed by atoms with Gasteiger partial charge in [0.25, 0.3) is 0 Å². The standard InChI is InChI=1S/C15H31N3O2/c1-12(2)18(14(19)20-15(3,4)5)10-9-17-13-7-6-8-16-11-13/h12-13,16-17H,6-11H2,1-5H3. The maximum atomic E-state index is 12.1. The second-order valence-corrected chi connectivity index (χ2v) is 6.76. The summed E-state index contributed by atoms with van der Waals surface area (Å²) in [6.45, 7) is 13.4. The van der Waals surface area contributed by atoms with Gasteiger partial charge in [-0.05, 0) is 54.0 Å². The van der Waals surface area contributed by atoms with Crippen molar-refractivity contribution in [2.24, 2.45) is 0 Å². The van der Waals surface area contributed by atoms with E-state index in [1.165, 1.54) is 12.8 Å². The molecule has 0 aromatic carbocycles. The molecule has 2 N–H and O–H groups in total. The van der Waals surface area contributed by atoms with Crippen LogP contribution in [0.4, 0.5) is 4.79 Å². The first-order chi connectivity index (χ1) is 9.29. The number of hydrogen-bond donors (Lipinski definition) is 2. The lowest BCUT2D eigenvalue weighted by atomic mass is 10.1. The summed E-state index contributed by atoms with van der Waals surface area (Å²) >= 11 is 0. The molecule has 1 unspecified atom stereocenters. The zero-order chi connectivity index (χ0) is 15.2. The van der Waals surface area contributed by atoms with Crippen molar-refractivity contribution in [3.63, 3.8) is 0 Å². The van der Waals surface area contributed by atoms with Gasteiger partial charge in [0.1, 0.15) is 5.60 Å². The van der Waals surface area contributed by atoms with E-state index in [9.17, 15) is 4.79 Å². The molecule has 0 aromatic rings. The molecule has 0 aromatic heterocycles. The van der Waals surface area contributed by atoms with Crippen molar-refractivity contribution in [1.29, 1.82) is 0 Å². The fourth-order valence-electron chi connectivity index (χ4n) is 2.30. The molecular formula is C15H31N3O2. The van der Waals surface area contributed by atoms with Crippen LogP contribution in [0.25, 0.3) is 0 Å². The monoisotopic (exact) mass is 285 g/mol. The van der Waals surface area contributed by atoms with Gasteiger partial charge in [-0.25, -0.2) is 4.79 Å². The van der Waals surface area contributed by atoms with Crippen LogP contribution in [0.2, 0.25) is 0 Å². The van der Waals surface area contributed by atoms with Crippen molar-refractivity contribution in [3.05, 3.63) is 0 Å². The topological polar surface area (TPSA) is 53.6 Å². The van der Waals surface area contributed by atoms with Gasteiger partial charge >= 0.3 is 6.09 Å². The number of piperidine rings is 1. The molecule has 1 aliphatic heterocycles. The second-order valence-electron chi connectivity index (χ2n) is 6.76. The van der Waals surface area contributed by atoms with Gasteiger partial charge in [-0.3, -0.25) is 0 Å². The third-order valence-corrected chi connectivity index (χ3v) is 3.33. The van der Waals surface area contributed by atoms with Crippen LogP contribution in [-0.4, -0.2) is 54.9 Å². The molecule has 118 valence electrons. The number of nitrogens with zero attached hydrogens (tertiary/aromatic N) is 1. The first kappa shape index (κ1) is 17.2. The molecule has 0 bridgehead atoms. The molecule has 5 heteroatoms. The van der Waals surface area contributed by atoms with Gasteiger partial charge in [0.2, 0.25) is 0 Å². The van der Waals surface area contributed by atoms with E-state index in [2.05, 4.69) is 10.6 Å². The van der Waals surface area contributed by atoms with E-state index >= 15 is 0 Å². The summed E-state index contributed by atoms with van der Waals surface area (Å²) in [6.07, 6.45) is 2.20. The number of carbonyl (C=O) groups is 1. The predicted molar refractivity (Wildman–Crippen MR) is 82.0 cm³/mol. The molecule has 1 amide bonds. The minimum Gasteiger partial charge on any atom is -0.444 e. The summed E-state index contributed by atoms with van der Waals surface area (Å²) in [5.41, 5.74) is -0.440. The van der Waals surface area contributed by atoms with Gasteiger partial charge < -0.3 is 20.3 Å². The van der Waals surface area contributed by atoms with Crippen molar-refractivity contribution < 1.29 is 9.53 Å². The van der Waals surface area contributed by atoms with Gasteiger partial charge in [0, 0.05) is 31.7 Å². The molecule has 0 radical (unpaired) electrons. The summed E-state index contributed by atoms with van der Waals surface area (Å²) in [5, 5.41) is 6.89. The number of hydrogen-bond acceptors (Lipinski definition) is 4. The predicted octanol–water partition coefficient (Wildman–Crippen LogP) is 1.97. The Labute approximate surface area is 123 Å². The van der Waals surface area contributed by atoms with Crippen LogP contribution in [0.5, 0.6) is 0 Å². The Kier molecular flexibility index (Phi) is 6.76. The van der Waals surface area contributed by atoms with Crippen molar-refractivity contribution >= 4 is 6.09 Å². The van der Waals surface area contributed by atoms with Crippen LogP contribution in [-0.2, 0) is 4.74 Å². The van der Waals surface area contributed by atoms with Gasteiger partial charge in [-0.1, -0.05) is 0 Å². The van der Waals surface area contributed by atoms with E-state index in [0.29, 0.717) is 12.6 Å².